The Hall–Kier alpha value is -3.18. The van der Waals surface area contributed by atoms with Gasteiger partial charge in [-0.1, -0.05) is 13.8 Å². The molecule has 1 N–H and O–H groups in total. The maximum Gasteiger partial charge on any atom is 0.271 e. The molecule has 0 unspecified atom stereocenters. The van der Waals surface area contributed by atoms with Crippen molar-refractivity contribution in [3.8, 4) is 11.4 Å². The van der Waals surface area contributed by atoms with Crippen molar-refractivity contribution >= 4 is 22.8 Å². The Morgan fingerprint density at radius 1 is 1.22 bits per heavy atom. The van der Waals surface area contributed by atoms with Crippen molar-refractivity contribution in [1.29, 1.82) is 0 Å². The Labute approximate surface area is 188 Å². The zero-order valence-electron chi connectivity index (χ0n) is 18.0. The number of aromatic nitrogens is 7. The van der Waals surface area contributed by atoms with E-state index in [0.29, 0.717) is 49.2 Å². The topological polar surface area (TPSA) is 114 Å². The van der Waals surface area contributed by atoms with E-state index in [1.54, 1.807) is 21.9 Å². The molecule has 10 nitrogen and oxygen atoms in total. The number of pyridine rings is 1. The van der Waals surface area contributed by atoms with Crippen LogP contribution in [-0.4, -0.2) is 61.3 Å². The lowest BCUT2D eigenvalue weighted by atomic mass is 10.1. The quantitative estimate of drug-likeness (QED) is 0.473. The highest BCUT2D eigenvalue weighted by atomic mass is 32.1. The molecule has 0 radical (unpaired) electrons. The number of fused-ring (bicyclic) bond motifs is 1. The minimum Gasteiger partial charge on any atom is -0.378 e. The van der Waals surface area contributed by atoms with Crippen LogP contribution in [0.5, 0.6) is 0 Å². The standard InChI is InChI=1S/C21H24N8O2S/c1-13(2)15-12-32-17(22-15)4-3-14-5-6-29-16(11-14)23-20(28-7-9-31-10-8-28)18(21(29)30)19-24-26-27-25-19/h5-6,11-13H,3-4,7-10H2,1-2H3,(H,24,25,26,27). The van der Waals surface area contributed by atoms with Gasteiger partial charge in [-0.05, 0) is 35.2 Å². The fourth-order valence-electron chi connectivity index (χ4n) is 3.75. The fourth-order valence-corrected chi connectivity index (χ4v) is 4.71. The van der Waals surface area contributed by atoms with Crippen LogP contribution in [0, 0.1) is 0 Å². The largest absolute Gasteiger partial charge is 0.378 e. The molecule has 32 heavy (non-hydrogen) atoms. The highest BCUT2D eigenvalue weighted by molar-refractivity contribution is 7.09. The molecule has 0 aromatic carbocycles. The molecule has 0 spiro atoms. The molecule has 0 bridgehead atoms. The van der Waals surface area contributed by atoms with Crippen LogP contribution in [0.3, 0.4) is 0 Å². The zero-order valence-corrected chi connectivity index (χ0v) is 18.8. The molecule has 166 valence electrons. The number of thiazole rings is 1. The zero-order chi connectivity index (χ0) is 22.1. The van der Waals surface area contributed by atoms with E-state index in [2.05, 4.69) is 39.9 Å². The first-order valence-electron chi connectivity index (χ1n) is 10.7. The van der Waals surface area contributed by atoms with E-state index in [-0.39, 0.29) is 11.4 Å². The number of nitrogens with zero attached hydrogens (tertiary/aromatic N) is 7. The van der Waals surface area contributed by atoms with Crippen LogP contribution in [0.25, 0.3) is 17.0 Å². The van der Waals surface area contributed by atoms with Crippen LogP contribution >= 0.6 is 11.3 Å². The van der Waals surface area contributed by atoms with Crippen molar-refractivity contribution in [2.75, 3.05) is 31.2 Å². The maximum absolute atomic E-state index is 13.4. The first kappa shape index (κ1) is 20.7. The Kier molecular flexibility index (Phi) is 5.66. The predicted molar refractivity (Wildman–Crippen MR) is 121 cm³/mol. The summed E-state index contributed by atoms with van der Waals surface area (Å²) < 4.78 is 7.01. The summed E-state index contributed by atoms with van der Waals surface area (Å²) in [7, 11) is 0. The van der Waals surface area contributed by atoms with E-state index in [4.69, 9.17) is 14.7 Å². The normalized spacial score (nSPS) is 14.5. The number of tetrazole rings is 1. The summed E-state index contributed by atoms with van der Waals surface area (Å²) in [6, 6.07) is 3.93. The summed E-state index contributed by atoms with van der Waals surface area (Å²) in [5, 5.41) is 17.4. The van der Waals surface area contributed by atoms with Crippen LogP contribution < -0.4 is 10.5 Å². The van der Waals surface area contributed by atoms with Gasteiger partial charge in [-0.15, -0.1) is 21.5 Å². The summed E-state index contributed by atoms with van der Waals surface area (Å²) in [5.41, 5.74) is 2.98. The molecule has 1 saturated heterocycles. The van der Waals surface area contributed by atoms with E-state index < -0.39 is 0 Å². The smallest absolute Gasteiger partial charge is 0.271 e. The van der Waals surface area contributed by atoms with Crippen molar-refractivity contribution in [3.05, 3.63) is 50.3 Å². The molecule has 11 heteroatoms. The van der Waals surface area contributed by atoms with Crippen molar-refractivity contribution in [3.63, 3.8) is 0 Å². The SMILES string of the molecule is CC(C)c1csc(CCc2ccn3c(=O)c(-c4nn[nH]n4)c(N4CCOCC4)nc3c2)n1. The van der Waals surface area contributed by atoms with Gasteiger partial charge in [-0.25, -0.2) is 9.97 Å². The number of hydrogen-bond acceptors (Lipinski definition) is 9. The summed E-state index contributed by atoms with van der Waals surface area (Å²) in [6.45, 7) is 6.77. The van der Waals surface area contributed by atoms with Crippen LogP contribution in [0.2, 0.25) is 0 Å². The minimum absolute atomic E-state index is 0.217. The van der Waals surface area contributed by atoms with Gasteiger partial charge in [0.2, 0.25) is 5.82 Å². The van der Waals surface area contributed by atoms with Crippen LogP contribution in [-0.2, 0) is 17.6 Å². The average Bonchev–Trinajstić information content (AvgIpc) is 3.50. The van der Waals surface area contributed by atoms with Crippen LogP contribution in [0.15, 0.2) is 28.5 Å². The molecule has 0 amide bonds. The van der Waals surface area contributed by atoms with E-state index in [1.807, 2.05) is 17.0 Å². The van der Waals surface area contributed by atoms with Gasteiger partial charge in [0.1, 0.15) is 17.0 Å². The Morgan fingerprint density at radius 3 is 2.78 bits per heavy atom. The monoisotopic (exact) mass is 452 g/mol. The lowest BCUT2D eigenvalue weighted by Gasteiger charge is -2.29. The summed E-state index contributed by atoms with van der Waals surface area (Å²) in [6.07, 6.45) is 3.46. The van der Waals surface area contributed by atoms with E-state index in [0.717, 1.165) is 29.1 Å². The Bertz CT molecular complexity index is 1270. The number of aryl methyl sites for hydroxylation is 2. The second-order valence-corrected chi connectivity index (χ2v) is 8.98. The summed E-state index contributed by atoms with van der Waals surface area (Å²) >= 11 is 1.70. The average molecular weight is 453 g/mol. The molecule has 0 aliphatic carbocycles. The molecule has 4 aromatic rings. The molecule has 1 aliphatic rings. The first-order valence-corrected chi connectivity index (χ1v) is 11.5. The van der Waals surface area contributed by atoms with Gasteiger partial charge in [-0.2, -0.15) is 5.21 Å². The second kappa shape index (κ2) is 8.75. The number of anilines is 1. The number of aromatic amines is 1. The van der Waals surface area contributed by atoms with Crippen molar-refractivity contribution in [2.45, 2.75) is 32.6 Å². The number of rotatable bonds is 6. The third-order valence-corrected chi connectivity index (χ3v) is 6.47. The van der Waals surface area contributed by atoms with Gasteiger partial charge in [0.05, 0.1) is 23.9 Å². The minimum atomic E-state index is -0.217. The number of morpholine rings is 1. The van der Waals surface area contributed by atoms with Gasteiger partial charge < -0.3 is 9.64 Å². The summed E-state index contributed by atoms with van der Waals surface area (Å²) in [5.74, 6) is 1.24. The maximum atomic E-state index is 13.4. The molecule has 5 heterocycles. The van der Waals surface area contributed by atoms with Gasteiger partial charge in [0.25, 0.3) is 5.56 Å². The highest BCUT2D eigenvalue weighted by Gasteiger charge is 2.24. The molecule has 0 saturated carbocycles. The number of hydrogen-bond donors (Lipinski definition) is 1. The number of nitrogens with one attached hydrogen (secondary N) is 1. The molecule has 4 aromatic heterocycles. The molecule has 1 fully saturated rings. The van der Waals surface area contributed by atoms with Crippen LogP contribution in [0.4, 0.5) is 5.82 Å². The lowest BCUT2D eigenvalue weighted by Crippen LogP contribution is -2.38. The number of ether oxygens (including phenoxy) is 1. The van der Waals surface area contributed by atoms with Gasteiger partial charge in [0, 0.05) is 31.1 Å². The fraction of sp³-hybridized carbons (Fsp3) is 0.429. The van der Waals surface area contributed by atoms with Gasteiger partial charge in [0.15, 0.2) is 0 Å². The second-order valence-electron chi connectivity index (χ2n) is 8.03. The van der Waals surface area contributed by atoms with E-state index in [9.17, 15) is 4.79 Å². The van der Waals surface area contributed by atoms with Gasteiger partial charge >= 0.3 is 0 Å². The van der Waals surface area contributed by atoms with E-state index >= 15 is 0 Å². The molecule has 0 atom stereocenters. The van der Waals surface area contributed by atoms with E-state index in [1.165, 1.54) is 0 Å². The third-order valence-electron chi connectivity index (χ3n) is 5.54. The molecular weight excluding hydrogens is 428 g/mol. The number of H-pyrrole nitrogens is 1. The van der Waals surface area contributed by atoms with Gasteiger partial charge in [-0.3, -0.25) is 9.20 Å². The predicted octanol–water partition coefficient (Wildman–Crippen LogP) is 2.08. The first-order chi connectivity index (χ1) is 15.6. The van der Waals surface area contributed by atoms with Crippen molar-refractivity contribution < 1.29 is 4.74 Å². The van der Waals surface area contributed by atoms with Crippen molar-refractivity contribution in [1.82, 2.24) is 35.0 Å². The Morgan fingerprint density at radius 2 is 2.06 bits per heavy atom. The molecule has 5 rings (SSSR count). The Balaban J connectivity index is 1.50. The lowest BCUT2D eigenvalue weighted by molar-refractivity contribution is 0.122. The molecular formula is C21H24N8O2S. The van der Waals surface area contributed by atoms with Crippen LogP contribution in [0.1, 0.15) is 36.0 Å². The highest BCUT2D eigenvalue weighted by Crippen LogP contribution is 2.25. The molecule has 1 aliphatic heterocycles. The van der Waals surface area contributed by atoms with Crippen molar-refractivity contribution in [2.24, 2.45) is 0 Å². The third kappa shape index (κ3) is 4.00. The summed E-state index contributed by atoms with van der Waals surface area (Å²) in [4.78, 5) is 25.0.